The maximum absolute atomic E-state index is 12.7. The zero-order valence-corrected chi connectivity index (χ0v) is 14.5. The van der Waals surface area contributed by atoms with Gasteiger partial charge in [0.15, 0.2) is 11.2 Å². The van der Waals surface area contributed by atoms with Gasteiger partial charge in [-0.05, 0) is 35.7 Å². The van der Waals surface area contributed by atoms with Crippen molar-refractivity contribution in [2.24, 2.45) is 0 Å². The molecule has 0 fully saturated rings. The van der Waals surface area contributed by atoms with E-state index >= 15 is 0 Å². The number of anilines is 1. The number of fused-ring (bicyclic) bond motifs is 1. The van der Waals surface area contributed by atoms with Crippen molar-refractivity contribution >= 4 is 22.6 Å². The van der Waals surface area contributed by atoms with Gasteiger partial charge in [-0.1, -0.05) is 60.7 Å². The lowest BCUT2D eigenvalue weighted by molar-refractivity contribution is 0.0997. The van der Waals surface area contributed by atoms with E-state index in [4.69, 9.17) is 4.42 Å². The van der Waals surface area contributed by atoms with Crippen LogP contribution in [0.4, 0.5) is 5.69 Å². The van der Waals surface area contributed by atoms with E-state index in [1.54, 1.807) is 24.3 Å². The van der Waals surface area contributed by atoms with E-state index in [-0.39, 0.29) is 11.2 Å². The van der Waals surface area contributed by atoms with Crippen molar-refractivity contribution in [3.05, 3.63) is 112 Å². The summed E-state index contributed by atoms with van der Waals surface area (Å²) in [6, 6.07) is 25.8. The molecule has 0 atom stereocenters. The van der Waals surface area contributed by atoms with Crippen LogP contribution in [0.3, 0.4) is 0 Å². The summed E-state index contributed by atoms with van der Waals surface area (Å²) in [5.41, 5.74) is 2.99. The van der Waals surface area contributed by atoms with Crippen molar-refractivity contribution in [3.8, 4) is 0 Å². The van der Waals surface area contributed by atoms with Gasteiger partial charge in [0.25, 0.3) is 5.91 Å². The van der Waals surface area contributed by atoms with Crippen molar-refractivity contribution in [2.75, 3.05) is 5.32 Å². The largest absolute Gasteiger partial charge is 0.451 e. The van der Waals surface area contributed by atoms with Gasteiger partial charge in [-0.25, -0.2) is 0 Å². The number of hydrogen-bond acceptors (Lipinski definition) is 3. The highest BCUT2D eigenvalue weighted by atomic mass is 16.3. The summed E-state index contributed by atoms with van der Waals surface area (Å²) >= 11 is 0. The van der Waals surface area contributed by atoms with Crippen LogP contribution in [0.5, 0.6) is 0 Å². The van der Waals surface area contributed by atoms with E-state index in [1.807, 2.05) is 54.6 Å². The number of benzene rings is 3. The molecule has 1 aromatic heterocycles. The molecule has 0 saturated carbocycles. The van der Waals surface area contributed by atoms with Gasteiger partial charge >= 0.3 is 0 Å². The molecule has 27 heavy (non-hydrogen) atoms. The number of carbonyl (C=O) groups excluding carboxylic acids is 1. The van der Waals surface area contributed by atoms with E-state index in [0.717, 1.165) is 11.1 Å². The monoisotopic (exact) mass is 355 g/mol. The summed E-state index contributed by atoms with van der Waals surface area (Å²) < 4.78 is 5.62. The molecule has 4 nitrogen and oxygen atoms in total. The third kappa shape index (κ3) is 3.65. The van der Waals surface area contributed by atoms with Gasteiger partial charge in [-0.15, -0.1) is 0 Å². The second-order valence-corrected chi connectivity index (χ2v) is 6.24. The predicted molar refractivity (Wildman–Crippen MR) is 106 cm³/mol. The first-order valence-electron chi connectivity index (χ1n) is 8.67. The first-order valence-corrected chi connectivity index (χ1v) is 8.67. The summed E-state index contributed by atoms with van der Waals surface area (Å²) in [5, 5.41) is 3.32. The molecule has 0 spiro atoms. The number of amides is 1. The smallest absolute Gasteiger partial charge is 0.291 e. The van der Waals surface area contributed by atoms with Gasteiger partial charge in [-0.2, -0.15) is 0 Å². The van der Waals surface area contributed by atoms with E-state index in [2.05, 4.69) is 5.32 Å². The highest BCUT2D eigenvalue weighted by molar-refractivity contribution is 6.03. The lowest BCUT2D eigenvalue weighted by Crippen LogP contribution is -2.16. The van der Waals surface area contributed by atoms with Crippen LogP contribution in [0.15, 0.2) is 94.1 Å². The molecule has 4 aromatic rings. The zero-order chi connectivity index (χ0) is 18.6. The number of nitrogens with one attached hydrogen (secondary N) is 1. The third-order valence-corrected chi connectivity index (χ3v) is 4.36. The van der Waals surface area contributed by atoms with Gasteiger partial charge in [0.05, 0.1) is 5.39 Å². The Bertz CT molecular complexity index is 1160. The Kier molecular flexibility index (Phi) is 4.54. The van der Waals surface area contributed by atoms with Crippen molar-refractivity contribution < 1.29 is 9.21 Å². The second kappa shape index (κ2) is 7.30. The molecule has 1 N–H and O–H groups in total. The molecular formula is C23H17NO3. The molecule has 0 saturated heterocycles. The predicted octanol–water partition coefficient (Wildman–Crippen LogP) is 4.64. The SMILES string of the molecule is O=C(Nc1ccccc1Cc1ccccc1)c1cc(=O)c2ccccc2o1. The Labute approximate surface area is 156 Å². The number of hydrogen-bond donors (Lipinski definition) is 1. The van der Waals surface area contributed by atoms with Gasteiger partial charge in [-0.3, -0.25) is 9.59 Å². The normalized spacial score (nSPS) is 10.7. The molecule has 1 heterocycles. The first kappa shape index (κ1) is 16.8. The molecule has 0 aliphatic heterocycles. The fourth-order valence-corrected chi connectivity index (χ4v) is 3.01. The van der Waals surface area contributed by atoms with Crippen LogP contribution >= 0.6 is 0 Å². The average molecular weight is 355 g/mol. The lowest BCUT2D eigenvalue weighted by atomic mass is 10.0. The second-order valence-electron chi connectivity index (χ2n) is 6.24. The molecule has 0 aliphatic rings. The lowest BCUT2D eigenvalue weighted by Gasteiger charge is -2.11. The topological polar surface area (TPSA) is 59.3 Å². The third-order valence-electron chi connectivity index (χ3n) is 4.36. The fourth-order valence-electron chi connectivity index (χ4n) is 3.01. The maximum Gasteiger partial charge on any atom is 0.291 e. The minimum absolute atomic E-state index is 0.00628. The van der Waals surface area contributed by atoms with Crippen molar-refractivity contribution in [2.45, 2.75) is 6.42 Å². The Hall–Kier alpha value is -3.66. The number of rotatable bonds is 4. The molecule has 4 heteroatoms. The maximum atomic E-state index is 12.7. The molecule has 3 aromatic carbocycles. The van der Waals surface area contributed by atoms with E-state index in [0.29, 0.717) is 23.1 Å². The molecule has 0 bridgehead atoms. The van der Waals surface area contributed by atoms with Crippen LogP contribution in [0.2, 0.25) is 0 Å². The number of para-hydroxylation sites is 2. The Morgan fingerprint density at radius 2 is 1.56 bits per heavy atom. The van der Waals surface area contributed by atoms with E-state index in [1.165, 1.54) is 6.07 Å². The standard InChI is InChI=1S/C23H17NO3/c25-20-15-22(27-21-13-7-5-11-18(20)21)23(26)24-19-12-6-4-10-17(19)14-16-8-2-1-3-9-16/h1-13,15H,14H2,(H,24,26). The van der Waals surface area contributed by atoms with Crippen molar-refractivity contribution in [1.29, 1.82) is 0 Å². The van der Waals surface area contributed by atoms with Crippen LogP contribution in [-0.2, 0) is 6.42 Å². The summed E-state index contributed by atoms with van der Waals surface area (Å²) in [6.07, 6.45) is 0.693. The zero-order valence-electron chi connectivity index (χ0n) is 14.5. The van der Waals surface area contributed by atoms with Gasteiger partial charge in [0.2, 0.25) is 0 Å². The average Bonchev–Trinajstić information content (AvgIpc) is 2.70. The van der Waals surface area contributed by atoms with Crippen LogP contribution in [-0.4, -0.2) is 5.91 Å². The summed E-state index contributed by atoms with van der Waals surface area (Å²) in [7, 11) is 0. The summed E-state index contributed by atoms with van der Waals surface area (Å²) in [5.74, 6) is -0.452. The molecule has 0 unspecified atom stereocenters. The van der Waals surface area contributed by atoms with E-state index in [9.17, 15) is 9.59 Å². The summed E-state index contributed by atoms with van der Waals surface area (Å²) in [6.45, 7) is 0. The van der Waals surface area contributed by atoms with E-state index < -0.39 is 5.91 Å². The minimum atomic E-state index is -0.446. The Balaban J connectivity index is 1.63. The Morgan fingerprint density at radius 1 is 0.852 bits per heavy atom. The summed E-state index contributed by atoms with van der Waals surface area (Å²) in [4.78, 5) is 24.9. The van der Waals surface area contributed by atoms with Crippen LogP contribution in [0.25, 0.3) is 11.0 Å². The fraction of sp³-hybridized carbons (Fsp3) is 0.0435. The minimum Gasteiger partial charge on any atom is -0.451 e. The van der Waals surface area contributed by atoms with Crippen LogP contribution in [0.1, 0.15) is 21.7 Å². The molecular weight excluding hydrogens is 338 g/mol. The molecule has 0 radical (unpaired) electrons. The molecule has 0 aliphatic carbocycles. The molecule has 4 rings (SSSR count). The number of carbonyl (C=O) groups is 1. The highest BCUT2D eigenvalue weighted by Gasteiger charge is 2.14. The van der Waals surface area contributed by atoms with Crippen molar-refractivity contribution in [3.63, 3.8) is 0 Å². The molecule has 132 valence electrons. The van der Waals surface area contributed by atoms with Crippen LogP contribution in [0, 0.1) is 0 Å². The quantitative estimate of drug-likeness (QED) is 0.580. The Morgan fingerprint density at radius 3 is 2.41 bits per heavy atom. The van der Waals surface area contributed by atoms with Gasteiger partial charge < -0.3 is 9.73 Å². The molecule has 1 amide bonds. The van der Waals surface area contributed by atoms with Crippen LogP contribution < -0.4 is 10.7 Å². The first-order chi connectivity index (χ1) is 13.2. The highest BCUT2D eigenvalue weighted by Crippen LogP contribution is 2.20. The van der Waals surface area contributed by atoms with Crippen molar-refractivity contribution in [1.82, 2.24) is 0 Å². The van der Waals surface area contributed by atoms with Gasteiger partial charge in [0.1, 0.15) is 5.58 Å². The van der Waals surface area contributed by atoms with Gasteiger partial charge in [0, 0.05) is 11.8 Å².